The molecule has 16 heavy (non-hydrogen) atoms. The Morgan fingerprint density at radius 2 is 1.81 bits per heavy atom. The van der Waals surface area contributed by atoms with E-state index in [0.29, 0.717) is 0 Å². The van der Waals surface area contributed by atoms with Gasteiger partial charge >= 0.3 is 0 Å². The molecule has 0 unspecified atom stereocenters. The van der Waals surface area contributed by atoms with Gasteiger partial charge in [0.2, 0.25) is 0 Å². The summed E-state index contributed by atoms with van der Waals surface area (Å²) in [5.74, 6) is 0.579. The van der Waals surface area contributed by atoms with Gasteiger partial charge in [0, 0.05) is 9.13 Å². The molecule has 0 aliphatic rings. The second-order valence-corrected chi connectivity index (χ2v) is 4.49. The van der Waals surface area contributed by atoms with Gasteiger partial charge in [-0.25, -0.2) is 4.39 Å². The van der Waals surface area contributed by atoms with Gasteiger partial charge in [-0.05, 0) is 46.4 Å². The molecule has 0 fully saturated rings. The summed E-state index contributed by atoms with van der Waals surface area (Å²) < 4.78 is 19.2. The van der Waals surface area contributed by atoms with Crippen molar-refractivity contribution in [1.82, 2.24) is 0 Å². The fourth-order valence-electron chi connectivity index (χ4n) is 1.58. The van der Waals surface area contributed by atoms with Crippen LogP contribution < -0.4 is 4.74 Å². The van der Waals surface area contributed by atoms with E-state index in [-0.39, 0.29) is 5.82 Å². The third kappa shape index (κ3) is 2.19. The molecule has 0 N–H and O–H groups in total. The summed E-state index contributed by atoms with van der Waals surface area (Å²) in [4.78, 5) is 0. The van der Waals surface area contributed by atoms with Gasteiger partial charge in [-0.3, -0.25) is 0 Å². The number of methoxy groups -OCH3 is 1. The quantitative estimate of drug-likeness (QED) is 0.754. The zero-order valence-corrected chi connectivity index (χ0v) is 10.9. The number of hydrogen-bond donors (Lipinski definition) is 0. The zero-order chi connectivity index (χ0) is 11.5. The average molecular weight is 328 g/mol. The van der Waals surface area contributed by atoms with Gasteiger partial charge in [0.15, 0.2) is 0 Å². The topological polar surface area (TPSA) is 9.23 Å². The maximum atomic E-state index is 13.0. The summed E-state index contributed by atoms with van der Waals surface area (Å²) in [5, 5.41) is 0. The lowest BCUT2D eigenvalue weighted by Crippen LogP contribution is -1.90. The third-order valence-corrected chi connectivity index (χ3v) is 3.22. The Balaban J connectivity index is 2.58. The van der Waals surface area contributed by atoms with Crippen LogP contribution in [-0.2, 0) is 0 Å². The van der Waals surface area contributed by atoms with Crippen molar-refractivity contribution in [3.8, 4) is 16.9 Å². The molecule has 0 amide bonds. The summed E-state index contributed by atoms with van der Waals surface area (Å²) in [5.41, 5.74) is 1.97. The average Bonchev–Trinajstić information content (AvgIpc) is 2.29. The van der Waals surface area contributed by atoms with E-state index in [9.17, 15) is 4.39 Å². The van der Waals surface area contributed by atoms with Crippen molar-refractivity contribution in [2.75, 3.05) is 7.11 Å². The van der Waals surface area contributed by atoms with Crippen LogP contribution in [0.4, 0.5) is 4.39 Å². The molecule has 0 aromatic heterocycles. The lowest BCUT2D eigenvalue weighted by molar-refractivity contribution is 0.416. The molecule has 0 aliphatic heterocycles. The first kappa shape index (κ1) is 11.4. The molecule has 0 saturated heterocycles. The molecule has 2 rings (SSSR count). The Hall–Kier alpha value is -1.10. The summed E-state index contributed by atoms with van der Waals surface area (Å²) in [6.07, 6.45) is 0. The molecule has 82 valence electrons. The Bertz CT molecular complexity index is 511. The van der Waals surface area contributed by atoms with E-state index in [2.05, 4.69) is 22.6 Å². The first-order valence-electron chi connectivity index (χ1n) is 4.81. The van der Waals surface area contributed by atoms with Crippen LogP contribution in [0.15, 0.2) is 42.5 Å². The van der Waals surface area contributed by atoms with Gasteiger partial charge in [-0.2, -0.15) is 0 Å². The van der Waals surface area contributed by atoms with Crippen LogP contribution in [0.25, 0.3) is 11.1 Å². The summed E-state index contributed by atoms with van der Waals surface area (Å²) >= 11 is 2.13. The number of rotatable bonds is 2. The predicted molar refractivity (Wildman–Crippen MR) is 71.1 cm³/mol. The first-order chi connectivity index (χ1) is 7.72. The standard InChI is InChI=1S/C13H10FIO/c1-16-13-5-3-2-4-11(13)10-7-6-9(14)8-12(10)15/h2-8H,1H3. The van der Waals surface area contributed by atoms with Crippen molar-refractivity contribution in [1.29, 1.82) is 0 Å². The van der Waals surface area contributed by atoms with Gasteiger partial charge in [-0.1, -0.05) is 24.3 Å². The number of ether oxygens (including phenoxy) is 1. The van der Waals surface area contributed by atoms with Gasteiger partial charge < -0.3 is 4.74 Å². The van der Waals surface area contributed by atoms with Gasteiger partial charge in [-0.15, -0.1) is 0 Å². The van der Waals surface area contributed by atoms with Crippen molar-refractivity contribution in [3.63, 3.8) is 0 Å². The molecule has 2 aromatic carbocycles. The van der Waals surface area contributed by atoms with Crippen LogP contribution in [0.2, 0.25) is 0 Å². The SMILES string of the molecule is COc1ccccc1-c1ccc(F)cc1I. The van der Waals surface area contributed by atoms with E-state index >= 15 is 0 Å². The number of para-hydroxylation sites is 1. The van der Waals surface area contributed by atoms with Crippen LogP contribution in [0.5, 0.6) is 5.75 Å². The van der Waals surface area contributed by atoms with Crippen molar-refractivity contribution < 1.29 is 9.13 Å². The minimum absolute atomic E-state index is 0.219. The highest BCUT2D eigenvalue weighted by Gasteiger charge is 2.08. The number of benzene rings is 2. The molecule has 0 aliphatic carbocycles. The molecular formula is C13H10FIO. The maximum absolute atomic E-state index is 13.0. The summed E-state index contributed by atoms with van der Waals surface area (Å²) in [6.45, 7) is 0. The van der Waals surface area contributed by atoms with Crippen molar-refractivity contribution in [3.05, 3.63) is 51.9 Å². The summed E-state index contributed by atoms with van der Waals surface area (Å²) in [7, 11) is 1.63. The molecule has 2 aromatic rings. The van der Waals surface area contributed by atoms with E-state index in [4.69, 9.17) is 4.74 Å². The van der Waals surface area contributed by atoms with E-state index in [0.717, 1.165) is 20.4 Å². The molecule has 0 bridgehead atoms. The van der Waals surface area contributed by atoms with E-state index in [1.165, 1.54) is 12.1 Å². The highest BCUT2D eigenvalue weighted by molar-refractivity contribution is 14.1. The van der Waals surface area contributed by atoms with E-state index < -0.39 is 0 Å². The van der Waals surface area contributed by atoms with Crippen LogP contribution in [0.3, 0.4) is 0 Å². The Labute approximate surface area is 107 Å². The lowest BCUT2D eigenvalue weighted by Gasteiger charge is -2.09. The first-order valence-corrected chi connectivity index (χ1v) is 5.88. The number of halogens is 2. The lowest BCUT2D eigenvalue weighted by atomic mass is 10.0. The van der Waals surface area contributed by atoms with Crippen molar-refractivity contribution in [2.45, 2.75) is 0 Å². The molecule has 0 spiro atoms. The van der Waals surface area contributed by atoms with Gasteiger partial charge in [0.1, 0.15) is 11.6 Å². The molecular weight excluding hydrogens is 318 g/mol. The smallest absolute Gasteiger partial charge is 0.126 e. The van der Waals surface area contributed by atoms with Crippen LogP contribution in [0.1, 0.15) is 0 Å². The van der Waals surface area contributed by atoms with Gasteiger partial charge in [0.05, 0.1) is 7.11 Å². The fourth-order valence-corrected chi connectivity index (χ4v) is 2.34. The Kier molecular flexibility index (Phi) is 3.43. The monoisotopic (exact) mass is 328 g/mol. The molecule has 1 nitrogen and oxygen atoms in total. The second kappa shape index (κ2) is 4.82. The van der Waals surface area contributed by atoms with E-state index in [1.807, 2.05) is 24.3 Å². The molecule has 0 atom stereocenters. The van der Waals surface area contributed by atoms with E-state index in [1.54, 1.807) is 13.2 Å². The minimum Gasteiger partial charge on any atom is -0.496 e. The van der Waals surface area contributed by atoms with Gasteiger partial charge in [0.25, 0.3) is 0 Å². The Morgan fingerprint density at radius 1 is 1.06 bits per heavy atom. The van der Waals surface area contributed by atoms with Crippen LogP contribution in [0, 0.1) is 9.39 Å². The van der Waals surface area contributed by atoms with Crippen LogP contribution >= 0.6 is 22.6 Å². The van der Waals surface area contributed by atoms with Crippen LogP contribution in [-0.4, -0.2) is 7.11 Å². The maximum Gasteiger partial charge on any atom is 0.126 e. The highest BCUT2D eigenvalue weighted by atomic mass is 127. The highest BCUT2D eigenvalue weighted by Crippen LogP contribution is 2.32. The fraction of sp³-hybridized carbons (Fsp3) is 0.0769. The third-order valence-electron chi connectivity index (χ3n) is 2.33. The largest absolute Gasteiger partial charge is 0.496 e. The molecule has 0 saturated carbocycles. The number of hydrogen-bond acceptors (Lipinski definition) is 1. The predicted octanol–water partition coefficient (Wildman–Crippen LogP) is 4.11. The Morgan fingerprint density at radius 3 is 2.50 bits per heavy atom. The minimum atomic E-state index is -0.219. The summed E-state index contributed by atoms with van der Waals surface area (Å²) in [6, 6.07) is 12.5. The molecule has 0 radical (unpaired) electrons. The molecule has 0 heterocycles. The molecule has 3 heteroatoms. The van der Waals surface area contributed by atoms with Crippen molar-refractivity contribution in [2.24, 2.45) is 0 Å². The zero-order valence-electron chi connectivity index (χ0n) is 8.71. The second-order valence-electron chi connectivity index (χ2n) is 3.32. The normalized spacial score (nSPS) is 10.2. The van der Waals surface area contributed by atoms with Crippen molar-refractivity contribution >= 4 is 22.6 Å².